The van der Waals surface area contributed by atoms with Gasteiger partial charge in [0.15, 0.2) is 0 Å². The van der Waals surface area contributed by atoms with Crippen molar-refractivity contribution in [3.05, 3.63) is 10.4 Å². The van der Waals surface area contributed by atoms with Crippen molar-refractivity contribution in [2.75, 3.05) is 0 Å². The highest BCUT2D eigenvalue weighted by Gasteiger charge is 2.59. The van der Waals surface area contributed by atoms with Crippen LogP contribution >= 0.6 is 0 Å². The summed E-state index contributed by atoms with van der Waals surface area (Å²) in [7, 11) is 0. The number of azide groups is 1. The normalized spacial score (nSPS) is 41.3. The van der Waals surface area contributed by atoms with E-state index in [0.717, 1.165) is 42.4 Å². The minimum Gasteiger partial charge on any atom is -0.0906 e. The minimum absolute atomic E-state index is 0.269. The SMILES string of the molecule is CCCCCCCCCCCC[C@H]1CCC2C3CCC4C[C@H](N=[N+]=[N-])CC[C@]4(C)C3CC[C@@]21C. The molecule has 0 aromatic carbocycles. The lowest BCUT2D eigenvalue weighted by molar-refractivity contribution is -0.113. The first-order chi connectivity index (χ1) is 16.5. The fourth-order valence-corrected chi connectivity index (χ4v) is 9.87. The molecular weight excluding hydrogens is 414 g/mol. The molecule has 34 heavy (non-hydrogen) atoms. The van der Waals surface area contributed by atoms with Gasteiger partial charge in [-0.05, 0) is 110 Å². The van der Waals surface area contributed by atoms with Gasteiger partial charge in [-0.1, -0.05) is 90.1 Å². The number of rotatable bonds is 12. The van der Waals surface area contributed by atoms with Crippen molar-refractivity contribution < 1.29 is 0 Å². The van der Waals surface area contributed by atoms with Crippen LogP contribution in [0.1, 0.15) is 149 Å². The average molecular weight is 470 g/mol. The molecule has 4 aliphatic rings. The molecule has 0 amide bonds. The van der Waals surface area contributed by atoms with Crippen LogP contribution < -0.4 is 0 Å². The molecule has 4 unspecified atom stereocenters. The topological polar surface area (TPSA) is 48.8 Å². The summed E-state index contributed by atoms with van der Waals surface area (Å²) in [6, 6.07) is 0.269. The third kappa shape index (κ3) is 5.50. The summed E-state index contributed by atoms with van der Waals surface area (Å²) < 4.78 is 0. The molecule has 0 aromatic heterocycles. The Hall–Kier alpha value is -0.690. The van der Waals surface area contributed by atoms with E-state index in [1.807, 2.05) is 0 Å². The van der Waals surface area contributed by atoms with E-state index in [1.54, 1.807) is 0 Å². The second kappa shape index (κ2) is 12.0. The number of nitrogens with zero attached hydrogens (tertiary/aromatic N) is 3. The van der Waals surface area contributed by atoms with E-state index in [0.29, 0.717) is 10.8 Å². The van der Waals surface area contributed by atoms with Crippen LogP contribution in [0, 0.1) is 40.4 Å². The summed E-state index contributed by atoms with van der Waals surface area (Å²) in [5.74, 6) is 4.71. The third-order valence-corrected chi connectivity index (χ3v) is 12.0. The maximum Gasteiger partial charge on any atom is 0.0377 e. The highest BCUT2D eigenvalue weighted by molar-refractivity contribution is 5.09. The van der Waals surface area contributed by atoms with E-state index in [1.165, 1.54) is 116 Å². The Labute approximate surface area is 211 Å². The molecule has 0 bridgehead atoms. The van der Waals surface area contributed by atoms with Crippen LogP contribution in [0.25, 0.3) is 10.4 Å². The predicted octanol–water partition coefficient (Wildman–Crippen LogP) is 10.6. The summed E-state index contributed by atoms with van der Waals surface area (Å²) in [4.78, 5) is 3.15. The van der Waals surface area contributed by atoms with Crippen molar-refractivity contribution in [1.29, 1.82) is 0 Å². The van der Waals surface area contributed by atoms with E-state index in [4.69, 9.17) is 5.53 Å². The second-order valence-corrected chi connectivity index (χ2v) is 13.6. The Morgan fingerprint density at radius 3 is 2.09 bits per heavy atom. The summed E-state index contributed by atoms with van der Waals surface area (Å²) in [6.07, 6.45) is 28.5. The molecule has 4 rings (SSSR count). The summed E-state index contributed by atoms with van der Waals surface area (Å²) >= 11 is 0. The Kier molecular flexibility index (Phi) is 9.33. The quantitative estimate of drug-likeness (QED) is 0.118. The van der Waals surface area contributed by atoms with Crippen LogP contribution in [0.3, 0.4) is 0 Å². The van der Waals surface area contributed by atoms with E-state index in [-0.39, 0.29) is 6.04 Å². The zero-order valence-corrected chi connectivity index (χ0v) is 22.9. The van der Waals surface area contributed by atoms with Gasteiger partial charge in [0.05, 0.1) is 0 Å². The van der Waals surface area contributed by atoms with Gasteiger partial charge in [-0.2, -0.15) is 0 Å². The van der Waals surface area contributed by atoms with Crippen LogP contribution in [0.2, 0.25) is 0 Å². The molecule has 0 spiro atoms. The van der Waals surface area contributed by atoms with Crippen molar-refractivity contribution in [1.82, 2.24) is 0 Å². The molecule has 4 fully saturated rings. The molecule has 3 nitrogen and oxygen atoms in total. The fourth-order valence-electron chi connectivity index (χ4n) is 9.87. The van der Waals surface area contributed by atoms with Gasteiger partial charge in [0.2, 0.25) is 0 Å². The maximum absolute atomic E-state index is 8.93. The molecule has 194 valence electrons. The molecule has 0 saturated heterocycles. The average Bonchev–Trinajstić information content (AvgIpc) is 3.17. The van der Waals surface area contributed by atoms with Gasteiger partial charge in [0.25, 0.3) is 0 Å². The van der Waals surface area contributed by atoms with Crippen molar-refractivity contribution in [2.45, 2.75) is 155 Å². The zero-order valence-electron chi connectivity index (χ0n) is 22.9. The van der Waals surface area contributed by atoms with E-state index in [2.05, 4.69) is 30.8 Å². The predicted molar refractivity (Wildman–Crippen MR) is 145 cm³/mol. The van der Waals surface area contributed by atoms with Gasteiger partial charge in [-0.15, -0.1) is 0 Å². The number of hydrogen-bond donors (Lipinski definition) is 0. The van der Waals surface area contributed by atoms with Crippen LogP contribution in [-0.4, -0.2) is 6.04 Å². The lowest BCUT2D eigenvalue weighted by atomic mass is 9.44. The van der Waals surface area contributed by atoms with Gasteiger partial charge in [-0.3, -0.25) is 0 Å². The summed E-state index contributed by atoms with van der Waals surface area (Å²) in [5, 5.41) is 4.13. The van der Waals surface area contributed by atoms with Crippen LogP contribution in [0.4, 0.5) is 0 Å². The van der Waals surface area contributed by atoms with Crippen molar-refractivity contribution in [2.24, 2.45) is 45.5 Å². The Morgan fingerprint density at radius 2 is 1.38 bits per heavy atom. The summed E-state index contributed by atoms with van der Waals surface area (Å²) in [6.45, 7) is 7.66. The maximum atomic E-state index is 8.93. The number of unbranched alkanes of at least 4 members (excludes halogenated alkanes) is 9. The molecule has 3 heteroatoms. The monoisotopic (exact) mass is 469 g/mol. The molecule has 0 aliphatic heterocycles. The standard InChI is InChI=1S/C31H55N3/c1-4-5-6-7-8-9-10-11-12-13-14-24-16-18-28-27-17-15-25-23-26(33-34-32)19-21-31(25,3)29(27)20-22-30(24,28)2/h24-29H,4-23H2,1-3H3/t24-,25?,26+,27?,28?,29?,30+,31-/m0/s1. The van der Waals surface area contributed by atoms with Gasteiger partial charge in [0, 0.05) is 11.0 Å². The molecule has 0 heterocycles. The first-order valence-corrected chi connectivity index (χ1v) is 15.6. The largest absolute Gasteiger partial charge is 0.0906 e. The molecule has 0 N–H and O–H groups in total. The first kappa shape index (κ1) is 26.4. The van der Waals surface area contributed by atoms with Gasteiger partial charge >= 0.3 is 0 Å². The van der Waals surface area contributed by atoms with Crippen molar-refractivity contribution >= 4 is 0 Å². The van der Waals surface area contributed by atoms with Crippen molar-refractivity contribution in [3.63, 3.8) is 0 Å². The Morgan fingerprint density at radius 1 is 0.735 bits per heavy atom. The van der Waals surface area contributed by atoms with Crippen LogP contribution in [0.5, 0.6) is 0 Å². The highest BCUT2D eigenvalue weighted by atomic mass is 15.1. The Balaban J connectivity index is 1.23. The number of hydrogen-bond acceptors (Lipinski definition) is 1. The van der Waals surface area contributed by atoms with E-state index >= 15 is 0 Å². The highest BCUT2D eigenvalue weighted by Crippen LogP contribution is 2.68. The van der Waals surface area contributed by atoms with Gasteiger partial charge < -0.3 is 0 Å². The molecule has 0 radical (unpaired) electrons. The van der Waals surface area contributed by atoms with Gasteiger partial charge in [-0.25, -0.2) is 0 Å². The smallest absolute Gasteiger partial charge is 0.0377 e. The minimum atomic E-state index is 0.269. The molecule has 0 aromatic rings. The third-order valence-electron chi connectivity index (χ3n) is 12.0. The lowest BCUT2D eigenvalue weighted by Crippen LogP contribution is -2.53. The molecule has 4 saturated carbocycles. The van der Waals surface area contributed by atoms with Crippen LogP contribution in [-0.2, 0) is 0 Å². The molecule has 8 atom stereocenters. The lowest BCUT2D eigenvalue weighted by Gasteiger charge is -2.61. The fraction of sp³-hybridized carbons (Fsp3) is 1.00. The molecular formula is C31H55N3. The van der Waals surface area contributed by atoms with Gasteiger partial charge in [0.1, 0.15) is 0 Å². The van der Waals surface area contributed by atoms with Crippen molar-refractivity contribution in [3.8, 4) is 0 Å². The summed E-state index contributed by atoms with van der Waals surface area (Å²) in [5.41, 5.74) is 10.1. The second-order valence-electron chi connectivity index (χ2n) is 13.6. The Bertz CT molecular complexity index is 684. The first-order valence-electron chi connectivity index (χ1n) is 15.6. The van der Waals surface area contributed by atoms with E-state index in [9.17, 15) is 0 Å². The number of fused-ring (bicyclic) bond motifs is 5. The van der Waals surface area contributed by atoms with Crippen LogP contribution in [0.15, 0.2) is 5.11 Å². The van der Waals surface area contributed by atoms with E-state index < -0.39 is 0 Å². The molecule has 4 aliphatic carbocycles. The zero-order chi connectivity index (χ0) is 24.0.